The zero-order valence-electron chi connectivity index (χ0n) is 10.4. The average molecular weight is 306 g/mol. The van der Waals surface area contributed by atoms with E-state index in [0.717, 1.165) is 16.8 Å². The SMILES string of the molecule is COc1cc2ccc(Br)cc2cc1C1CCCN1. The summed E-state index contributed by atoms with van der Waals surface area (Å²) >= 11 is 3.53. The second-order valence-electron chi connectivity index (χ2n) is 4.73. The van der Waals surface area contributed by atoms with Gasteiger partial charge < -0.3 is 10.1 Å². The Bertz CT molecular complexity index is 576. The van der Waals surface area contributed by atoms with E-state index in [1.807, 2.05) is 0 Å². The molecule has 1 aliphatic rings. The van der Waals surface area contributed by atoms with Gasteiger partial charge in [0.25, 0.3) is 0 Å². The van der Waals surface area contributed by atoms with Crippen molar-refractivity contribution in [2.24, 2.45) is 0 Å². The molecule has 1 fully saturated rings. The maximum absolute atomic E-state index is 5.54. The van der Waals surface area contributed by atoms with E-state index in [0.29, 0.717) is 6.04 Å². The summed E-state index contributed by atoms with van der Waals surface area (Å²) in [5.41, 5.74) is 1.28. The molecule has 18 heavy (non-hydrogen) atoms. The second-order valence-corrected chi connectivity index (χ2v) is 5.65. The summed E-state index contributed by atoms with van der Waals surface area (Å²) in [5, 5.41) is 6.01. The van der Waals surface area contributed by atoms with Crippen molar-refractivity contribution in [2.45, 2.75) is 18.9 Å². The minimum absolute atomic E-state index is 0.434. The highest BCUT2D eigenvalue weighted by atomic mass is 79.9. The zero-order chi connectivity index (χ0) is 12.5. The van der Waals surface area contributed by atoms with Gasteiger partial charge in [-0.2, -0.15) is 0 Å². The number of halogens is 1. The summed E-state index contributed by atoms with van der Waals surface area (Å²) in [4.78, 5) is 0. The minimum atomic E-state index is 0.434. The lowest BCUT2D eigenvalue weighted by atomic mass is 9.99. The van der Waals surface area contributed by atoms with E-state index >= 15 is 0 Å². The number of nitrogens with one attached hydrogen (secondary N) is 1. The molecule has 0 aromatic heterocycles. The summed E-state index contributed by atoms with van der Waals surface area (Å²) in [7, 11) is 1.75. The maximum atomic E-state index is 5.54. The van der Waals surface area contributed by atoms with Gasteiger partial charge in [-0.3, -0.25) is 0 Å². The van der Waals surface area contributed by atoms with Gasteiger partial charge in [-0.25, -0.2) is 0 Å². The Morgan fingerprint density at radius 3 is 2.83 bits per heavy atom. The van der Waals surface area contributed by atoms with E-state index in [4.69, 9.17) is 4.74 Å². The molecule has 1 unspecified atom stereocenters. The number of hydrogen-bond donors (Lipinski definition) is 1. The molecule has 2 aromatic carbocycles. The van der Waals surface area contributed by atoms with Gasteiger partial charge in [0.05, 0.1) is 7.11 Å². The van der Waals surface area contributed by atoms with E-state index in [2.05, 4.69) is 51.6 Å². The predicted molar refractivity (Wildman–Crippen MR) is 78.2 cm³/mol. The van der Waals surface area contributed by atoms with Crippen LogP contribution < -0.4 is 10.1 Å². The van der Waals surface area contributed by atoms with Gasteiger partial charge in [0.1, 0.15) is 5.75 Å². The molecule has 1 atom stereocenters. The van der Waals surface area contributed by atoms with E-state index in [1.165, 1.54) is 29.2 Å². The third-order valence-electron chi connectivity index (χ3n) is 3.59. The third-order valence-corrected chi connectivity index (χ3v) is 4.08. The van der Waals surface area contributed by atoms with Crippen molar-refractivity contribution >= 4 is 26.7 Å². The molecule has 1 saturated heterocycles. The summed E-state index contributed by atoms with van der Waals surface area (Å²) in [6.45, 7) is 1.10. The van der Waals surface area contributed by atoms with Crippen LogP contribution in [0.15, 0.2) is 34.8 Å². The van der Waals surface area contributed by atoms with Crippen LogP contribution in [0.1, 0.15) is 24.4 Å². The molecule has 0 amide bonds. The molecule has 2 nitrogen and oxygen atoms in total. The van der Waals surface area contributed by atoms with Gasteiger partial charge in [-0.15, -0.1) is 0 Å². The fourth-order valence-electron chi connectivity index (χ4n) is 2.66. The fraction of sp³-hybridized carbons (Fsp3) is 0.333. The Morgan fingerprint density at radius 1 is 1.22 bits per heavy atom. The van der Waals surface area contributed by atoms with Crippen molar-refractivity contribution in [2.75, 3.05) is 13.7 Å². The molecule has 1 heterocycles. The molecule has 0 bridgehead atoms. The predicted octanol–water partition coefficient (Wildman–Crippen LogP) is 4.04. The number of hydrogen-bond acceptors (Lipinski definition) is 2. The number of ether oxygens (including phenoxy) is 1. The van der Waals surface area contributed by atoms with Crippen LogP contribution in [0.25, 0.3) is 10.8 Å². The molecule has 0 spiro atoms. The number of benzene rings is 2. The lowest BCUT2D eigenvalue weighted by Gasteiger charge is -2.16. The van der Waals surface area contributed by atoms with Gasteiger partial charge in [0.2, 0.25) is 0 Å². The lowest BCUT2D eigenvalue weighted by molar-refractivity contribution is 0.404. The first kappa shape index (κ1) is 12.0. The second kappa shape index (κ2) is 4.90. The summed E-state index contributed by atoms with van der Waals surface area (Å²) < 4.78 is 6.66. The Labute approximate surface area is 115 Å². The van der Waals surface area contributed by atoms with Crippen molar-refractivity contribution < 1.29 is 4.74 Å². The molecule has 94 valence electrons. The van der Waals surface area contributed by atoms with Crippen molar-refractivity contribution in [3.05, 3.63) is 40.4 Å². The minimum Gasteiger partial charge on any atom is -0.496 e. The summed E-state index contributed by atoms with van der Waals surface area (Å²) in [6, 6.07) is 11.2. The standard InChI is InChI=1S/C15H16BrNO/c1-18-15-9-10-4-5-12(16)7-11(10)8-13(15)14-3-2-6-17-14/h4-5,7-9,14,17H,2-3,6H2,1H3. The van der Waals surface area contributed by atoms with Crippen LogP contribution in [0.4, 0.5) is 0 Å². The van der Waals surface area contributed by atoms with Crippen LogP contribution in [-0.2, 0) is 0 Å². The molecule has 1 N–H and O–H groups in total. The normalized spacial score (nSPS) is 19.3. The monoisotopic (exact) mass is 305 g/mol. The quantitative estimate of drug-likeness (QED) is 0.904. The van der Waals surface area contributed by atoms with Gasteiger partial charge in [0.15, 0.2) is 0 Å². The summed E-state index contributed by atoms with van der Waals surface area (Å²) in [5.74, 6) is 0.990. The Kier molecular flexibility index (Phi) is 3.27. The van der Waals surface area contributed by atoms with Gasteiger partial charge in [-0.1, -0.05) is 22.0 Å². The van der Waals surface area contributed by atoms with Gasteiger partial charge >= 0.3 is 0 Å². The van der Waals surface area contributed by atoms with Crippen LogP contribution in [0.3, 0.4) is 0 Å². The van der Waals surface area contributed by atoms with Crippen molar-refractivity contribution in [1.29, 1.82) is 0 Å². The van der Waals surface area contributed by atoms with Crippen molar-refractivity contribution in [1.82, 2.24) is 5.32 Å². The van der Waals surface area contributed by atoms with Crippen LogP contribution in [0.5, 0.6) is 5.75 Å². The molecule has 0 radical (unpaired) electrons. The third kappa shape index (κ3) is 2.13. The Balaban J connectivity index is 2.15. The molecule has 0 aliphatic carbocycles. The fourth-order valence-corrected chi connectivity index (χ4v) is 3.04. The maximum Gasteiger partial charge on any atom is 0.124 e. The molecule has 1 aliphatic heterocycles. The molecule has 0 saturated carbocycles. The topological polar surface area (TPSA) is 21.3 Å². The van der Waals surface area contributed by atoms with Crippen LogP contribution in [0, 0.1) is 0 Å². The van der Waals surface area contributed by atoms with E-state index < -0.39 is 0 Å². The van der Waals surface area contributed by atoms with E-state index in [9.17, 15) is 0 Å². The van der Waals surface area contributed by atoms with Crippen molar-refractivity contribution in [3.63, 3.8) is 0 Å². The van der Waals surface area contributed by atoms with Gasteiger partial charge in [0, 0.05) is 16.1 Å². The van der Waals surface area contributed by atoms with Crippen molar-refractivity contribution in [3.8, 4) is 5.75 Å². The largest absolute Gasteiger partial charge is 0.496 e. The van der Waals surface area contributed by atoms with E-state index in [-0.39, 0.29) is 0 Å². The molecular weight excluding hydrogens is 290 g/mol. The highest BCUT2D eigenvalue weighted by Gasteiger charge is 2.20. The number of fused-ring (bicyclic) bond motifs is 1. The Morgan fingerprint density at radius 2 is 2.11 bits per heavy atom. The van der Waals surface area contributed by atoms with E-state index in [1.54, 1.807) is 7.11 Å². The first-order chi connectivity index (χ1) is 8.78. The molecule has 2 aromatic rings. The lowest BCUT2D eigenvalue weighted by Crippen LogP contribution is -2.13. The van der Waals surface area contributed by atoms with Crippen LogP contribution in [-0.4, -0.2) is 13.7 Å². The molecule has 3 heteroatoms. The summed E-state index contributed by atoms with van der Waals surface area (Å²) in [6.07, 6.45) is 2.43. The van der Waals surface area contributed by atoms with Crippen LogP contribution in [0.2, 0.25) is 0 Å². The highest BCUT2D eigenvalue weighted by Crippen LogP contribution is 2.35. The first-order valence-corrected chi connectivity index (χ1v) is 7.08. The number of rotatable bonds is 2. The van der Waals surface area contributed by atoms with Gasteiger partial charge in [-0.05, 0) is 54.4 Å². The smallest absolute Gasteiger partial charge is 0.124 e. The average Bonchev–Trinajstić information content (AvgIpc) is 2.90. The van der Waals surface area contributed by atoms with Crippen LogP contribution >= 0.6 is 15.9 Å². The first-order valence-electron chi connectivity index (χ1n) is 6.28. The molecular formula is C15H16BrNO. The Hall–Kier alpha value is -1.06. The highest BCUT2D eigenvalue weighted by molar-refractivity contribution is 9.10. The molecule has 3 rings (SSSR count). The zero-order valence-corrected chi connectivity index (χ0v) is 12.0. The number of methoxy groups -OCH3 is 1.